The fourth-order valence-electron chi connectivity index (χ4n) is 2.64. The Balaban J connectivity index is 1.60. The monoisotopic (exact) mass is 317 g/mol. The van der Waals surface area contributed by atoms with E-state index in [-0.39, 0.29) is 22.8 Å². The number of hydrogen-bond donors (Lipinski definition) is 0. The number of benzene rings is 1. The molecule has 0 amide bonds. The maximum Gasteiger partial charge on any atom is 0.225 e. The second-order valence-electron chi connectivity index (χ2n) is 5.36. The van der Waals surface area contributed by atoms with Gasteiger partial charge in [0.1, 0.15) is 18.3 Å². The van der Waals surface area contributed by atoms with Gasteiger partial charge in [-0.2, -0.15) is 0 Å². The van der Waals surface area contributed by atoms with Crippen molar-refractivity contribution in [2.24, 2.45) is 0 Å². The Hall–Kier alpha value is -3.41. The van der Waals surface area contributed by atoms with E-state index in [0.29, 0.717) is 17.9 Å². The van der Waals surface area contributed by atoms with Crippen LogP contribution >= 0.6 is 0 Å². The van der Waals surface area contributed by atoms with Gasteiger partial charge in [0.05, 0.1) is 11.8 Å². The fourth-order valence-corrected chi connectivity index (χ4v) is 2.64. The molecule has 3 aromatic rings. The number of rotatable bonds is 3. The SMILES string of the molecule is O=C1C(Cc2ccc(-c3ncco3)cc2)=CC(=O)c2ncncc21. The fraction of sp³-hybridized carbons (Fsp3) is 0.0556. The van der Waals surface area contributed by atoms with E-state index < -0.39 is 0 Å². The summed E-state index contributed by atoms with van der Waals surface area (Å²) in [4.78, 5) is 36.4. The zero-order chi connectivity index (χ0) is 16.5. The normalized spacial score (nSPS) is 13.6. The van der Waals surface area contributed by atoms with Gasteiger partial charge in [-0.3, -0.25) is 9.59 Å². The Labute approximate surface area is 136 Å². The van der Waals surface area contributed by atoms with E-state index in [1.54, 1.807) is 6.20 Å². The zero-order valence-electron chi connectivity index (χ0n) is 12.5. The zero-order valence-corrected chi connectivity index (χ0v) is 12.5. The van der Waals surface area contributed by atoms with Gasteiger partial charge in [-0.1, -0.05) is 12.1 Å². The number of hydrogen-bond acceptors (Lipinski definition) is 6. The quantitative estimate of drug-likeness (QED) is 0.738. The molecule has 0 N–H and O–H groups in total. The number of Topliss-reactive ketones (excluding diaryl/α,β-unsaturated/α-hetero) is 1. The first-order valence-corrected chi connectivity index (χ1v) is 7.31. The van der Waals surface area contributed by atoms with Gasteiger partial charge in [-0.15, -0.1) is 0 Å². The van der Waals surface area contributed by atoms with Gasteiger partial charge in [0.15, 0.2) is 5.78 Å². The lowest BCUT2D eigenvalue weighted by atomic mass is 9.90. The van der Waals surface area contributed by atoms with Crippen molar-refractivity contribution in [3.05, 3.63) is 77.7 Å². The molecule has 1 aromatic carbocycles. The average Bonchev–Trinajstić information content (AvgIpc) is 3.15. The number of oxazole rings is 1. The predicted molar refractivity (Wildman–Crippen MR) is 84.4 cm³/mol. The first kappa shape index (κ1) is 14.2. The molecule has 6 heteroatoms. The first-order chi connectivity index (χ1) is 11.7. The van der Waals surface area contributed by atoms with Crippen molar-refractivity contribution in [2.45, 2.75) is 6.42 Å². The molecule has 1 aliphatic rings. The van der Waals surface area contributed by atoms with E-state index in [9.17, 15) is 9.59 Å². The molecule has 0 spiro atoms. The lowest BCUT2D eigenvalue weighted by molar-refractivity contribution is 0.0978. The van der Waals surface area contributed by atoms with Gasteiger partial charge < -0.3 is 4.42 Å². The lowest BCUT2D eigenvalue weighted by Gasteiger charge is -2.13. The first-order valence-electron chi connectivity index (χ1n) is 7.31. The van der Waals surface area contributed by atoms with Crippen molar-refractivity contribution in [2.75, 3.05) is 0 Å². The molecule has 0 radical (unpaired) electrons. The number of carbonyl (C=O) groups excluding carboxylic acids is 2. The van der Waals surface area contributed by atoms with Crippen LogP contribution in [0.25, 0.3) is 11.5 Å². The van der Waals surface area contributed by atoms with Crippen LogP contribution in [0.1, 0.15) is 26.4 Å². The third-order valence-corrected chi connectivity index (χ3v) is 3.82. The van der Waals surface area contributed by atoms with Crippen LogP contribution in [-0.2, 0) is 6.42 Å². The molecule has 6 nitrogen and oxygen atoms in total. The Morgan fingerprint density at radius 1 is 1.04 bits per heavy atom. The van der Waals surface area contributed by atoms with Gasteiger partial charge >= 0.3 is 0 Å². The Morgan fingerprint density at radius 3 is 2.62 bits per heavy atom. The van der Waals surface area contributed by atoms with E-state index in [2.05, 4.69) is 15.0 Å². The molecule has 1 aliphatic carbocycles. The highest BCUT2D eigenvalue weighted by Crippen LogP contribution is 2.23. The molecule has 116 valence electrons. The van der Waals surface area contributed by atoms with E-state index >= 15 is 0 Å². The van der Waals surface area contributed by atoms with Gasteiger partial charge in [-0.25, -0.2) is 15.0 Å². The standard InChI is InChI=1S/C18H11N3O3/c22-15-8-13(17(23)14-9-19-10-21-16(14)15)7-11-1-3-12(4-2-11)18-20-5-6-24-18/h1-6,8-10H,7H2. The van der Waals surface area contributed by atoms with Crippen LogP contribution in [0, 0.1) is 0 Å². The van der Waals surface area contributed by atoms with Crippen LogP contribution in [0.4, 0.5) is 0 Å². The maximum absolute atomic E-state index is 12.5. The van der Waals surface area contributed by atoms with Crippen LogP contribution < -0.4 is 0 Å². The Morgan fingerprint density at radius 2 is 1.88 bits per heavy atom. The van der Waals surface area contributed by atoms with Crippen molar-refractivity contribution < 1.29 is 14.0 Å². The summed E-state index contributed by atoms with van der Waals surface area (Å²) in [6.07, 6.45) is 7.48. The molecule has 0 bridgehead atoms. The number of allylic oxidation sites excluding steroid dienone is 2. The summed E-state index contributed by atoms with van der Waals surface area (Å²) in [5.74, 6) is 0.0659. The van der Waals surface area contributed by atoms with Gasteiger partial charge in [-0.05, 0) is 23.8 Å². The van der Waals surface area contributed by atoms with Gasteiger partial charge in [0.2, 0.25) is 11.7 Å². The van der Waals surface area contributed by atoms with E-state index in [4.69, 9.17) is 4.42 Å². The highest BCUT2D eigenvalue weighted by molar-refractivity contribution is 6.23. The number of carbonyl (C=O) groups is 2. The highest BCUT2D eigenvalue weighted by atomic mass is 16.3. The second kappa shape index (κ2) is 5.66. The van der Waals surface area contributed by atoms with Crippen LogP contribution in [0.2, 0.25) is 0 Å². The molecule has 0 aliphatic heterocycles. The summed E-state index contributed by atoms with van der Waals surface area (Å²) in [6.45, 7) is 0. The summed E-state index contributed by atoms with van der Waals surface area (Å²) in [6, 6.07) is 7.51. The Bertz CT molecular complexity index is 957. The summed E-state index contributed by atoms with van der Waals surface area (Å²) in [5.41, 5.74) is 2.63. The number of nitrogens with zero attached hydrogens (tertiary/aromatic N) is 3. The van der Waals surface area contributed by atoms with Crippen LogP contribution in [0.5, 0.6) is 0 Å². The van der Waals surface area contributed by atoms with E-state index in [0.717, 1.165) is 11.1 Å². The third-order valence-electron chi connectivity index (χ3n) is 3.82. The third kappa shape index (κ3) is 2.44. The molecule has 2 aromatic heterocycles. The molecule has 0 fully saturated rings. The van der Waals surface area contributed by atoms with Crippen LogP contribution in [0.15, 0.2) is 65.3 Å². The summed E-state index contributed by atoms with van der Waals surface area (Å²) in [7, 11) is 0. The highest BCUT2D eigenvalue weighted by Gasteiger charge is 2.26. The summed E-state index contributed by atoms with van der Waals surface area (Å²) >= 11 is 0. The number of ketones is 2. The largest absolute Gasteiger partial charge is 0.445 e. The lowest BCUT2D eigenvalue weighted by Crippen LogP contribution is -2.20. The van der Waals surface area contributed by atoms with Gasteiger partial charge in [0, 0.05) is 23.8 Å². The minimum atomic E-state index is -0.265. The Kier molecular flexibility index (Phi) is 3.35. The molecule has 2 heterocycles. The van der Waals surface area contributed by atoms with Crippen molar-refractivity contribution in [1.29, 1.82) is 0 Å². The van der Waals surface area contributed by atoms with Crippen molar-refractivity contribution >= 4 is 11.6 Å². The molecule has 0 atom stereocenters. The molecule has 0 saturated heterocycles. The van der Waals surface area contributed by atoms with Gasteiger partial charge in [0.25, 0.3) is 0 Å². The molecule has 4 rings (SSSR count). The van der Waals surface area contributed by atoms with Crippen LogP contribution in [0.3, 0.4) is 0 Å². The predicted octanol–water partition coefficient (Wildman–Crippen LogP) is 2.68. The topological polar surface area (TPSA) is 86.0 Å². The minimum absolute atomic E-state index is 0.165. The minimum Gasteiger partial charge on any atom is -0.445 e. The molecule has 0 saturated carbocycles. The van der Waals surface area contributed by atoms with E-state index in [1.807, 2.05) is 24.3 Å². The average molecular weight is 317 g/mol. The van der Waals surface area contributed by atoms with Crippen molar-refractivity contribution in [1.82, 2.24) is 15.0 Å². The number of fused-ring (bicyclic) bond motifs is 1. The molecule has 0 unspecified atom stereocenters. The number of aromatic nitrogens is 3. The molecular formula is C18H11N3O3. The molecular weight excluding hydrogens is 306 g/mol. The maximum atomic E-state index is 12.5. The molecule has 24 heavy (non-hydrogen) atoms. The van der Waals surface area contributed by atoms with Crippen molar-refractivity contribution in [3.8, 4) is 11.5 Å². The summed E-state index contributed by atoms with van der Waals surface area (Å²) in [5, 5.41) is 0. The van der Waals surface area contributed by atoms with Crippen molar-refractivity contribution in [3.63, 3.8) is 0 Å². The smallest absolute Gasteiger partial charge is 0.225 e. The second-order valence-corrected chi connectivity index (χ2v) is 5.36. The van der Waals surface area contributed by atoms with E-state index in [1.165, 1.54) is 24.9 Å². The summed E-state index contributed by atoms with van der Waals surface area (Å²) < 4.78 is 5.24. The van der Waals surface area contributed by atoms with Crippen LogP contribution in [-0.4, -0.2) is 26.5 Å².